The van der Waals surface area contributed by atoms with Crippen molar-refractivity contribution in [3.63, 3.8) is 0 Å². The third kappa shape index (κ3) is 3.96. The minimum atomic E-state index is -3.43. The number of hydrogen-bond donors (Lipinski definition) is 1. The van der Waals surface area contributed by atoms with E-state index in [4.69, 9.17) is 24.3 Å². The molecule has 0 aliphatic rings. The van der Waals surface area contributed by atoms with E-state index in [-0.39, 0.29) is 13.2 Å². The van der Waals surface area contributed by atoms with E-state index in [2.05, 4.69) is 0 Å². The summed E-state index contributed by atoms with van der Waals surface area (Å²) >= 11 is 0. The van der Waals surface area contributed by atoms with Gasteiger partial charge in [-0.15, -0.1) is 0 Å². The van der Waals surface area contributed by atoms with Crippen LogP contribution in [0.1, 0.15) is 25.3 Å². The first-order chi connectivity index (χ1) is 9.50. The molecular weight excluding hydrogens is 281 g/mol. The van der Waals surface area contributed by atoms with Crippen molar-refractivity contribution in [2.75, 3.05) is 33.2 Å². The molecule has 1 unspecified atom stereocenters. The minimum absolute atomic E-state index is 0.261. The zero-order valence-corrected chi connectivity index (χ0v) is 13.2. The maximum atomic E-state index is 12.8. The number of hydrogen-bond acceptors (Lipinski definition) is 6. The average Bonchev–Trinajstić information content (AvgIpc) is 2.39. The van der Waals surface area contributed by atoms with Crippen LogP contribution in [0.15, 0.2) is 18.2 Å². The highest BCUT2D eigenvalue weighted by atomic mass is 31.2. The van der Waals surface area contributed by atoms with Gasteiger partial charge in [0.05, 0.1) is 20.3 Å². The van der Waals surface area contributed by atoms with Crippen molar-refractivity contribution >= 4 is 13.3 Å². The summed E-state index contributed by atoms with van der Waals surface area (Å²) in [6.45, 7) is 4.02. The quantitative estimate of drug-likeness (QED) is 0.587. The maximum Gasteiger partial charge on any atom is 0.363 e. The average molecular weight is 303 g/mol. The lowest BCUT2D eigenvalue weighted by molar-refractivity contribution is 0.109. The monoisotopic (exact) mass is 303 g/mol. The Morgan fingerprint density at radius 2 is 1.75 bits per heavy atom. The molecule has 0 heterocycles. The van der Waals surface area contributed by atoms with Crippen LogP contribution in [0.3, 0.4) is 0 Å². The first kappa shape index (κ1) is 17.0. The van der Waals surface area contributed by atoms with Crippen LogP contribution >= 0.6 is 7.60 Å². The van der Waals surface area contributed by atoms with Crippen LogP contribution in [0, 0.1) is 0 Å². The summed E-state index contributed by atoms with van der Waals surface area (Å²) in [5.41, 5.74) is 6.89. The van der Waals surface area contributed by atoms with Gasteiger partial charge in [0, 0.05) is 18.9 Å². The van der Waals surface area contributed by atoms with Crippen molar-refractivity contribution < 1.29 is 23.1 Å². The maximum absolute atomic E-state index is 12.8. The fraction of sp³-hybridized carbons (Fsp3) is 0.538. The van der Waals surface area contributed by atoms with Gasteiger partial charge in [0.15, 0.2) is 5.85 Å². The number of rotatable bonds is 8. The number of nitrogens with two attached hydrogens (primary N) is 1. The molecule has 0 aliphatic carbocycles. The predicted molar refractivity (Wildman–Crippen MR) is 78.0 cm³/mol. The molecule has 1 aromatic carbocycles. The molecule has 0 saturated carbocycles. The summed E-state index contributed by atoms with van der Waals surface area (Å²) < 4.78 is 33.9. The van der Waals surface area contributed by atoms with Gasteiger partial charge < -0.3 is 24.3 Å². The third-order valence-electron chi connectivity index (χ3n) is 2.60. The summed E-state index contributed by atoms with van der Waals surface area (Å²) in [5.74, 6) is -0.290. The molecule has 0 fully saturated rings. The fourth-order valence-corrected chi connectivity index (χ4v) is 3.72. The van der Waals surface area contributed by atoms with Crippen LogP contribution < -0.4 is 10.5 Å². The Morgan fingerprint density at radius 3 is 2.20 bits per heavy atom. The van der Waals surface area contributed by atoms with Crippen LogP contribution in [0.4, 0.5) is 5.69 Å². The molecule has 0 bridgehead atoms. The summed E-state index contributed by atoms with van der Waals surface area (Å²) in [5, 5.41) is 0. The summed E-state index contributed by atoms with van der Waals surface area (Å²) in [7, 11) is -0.453. The topological polar surface area (TPSA) is 80.0 Å². The second kappa shape index (κ2) is 7.64. The molecule has 1 atom stereocenters. The molecule has 0 aliphatic heterocycles. The molecule has 0 aromatic heterocycles. The summed E-state index contributed by atoms with van der Waals surface area (Å²) in [6.07, 6.45) is 0. The Bertz CT molecular complexity index is 470. The lowest BCUT2D eigenvalue weighted by Gasteiger charge is -2.25. The van der Waals surface area contributed by atoms with Crippen LogP contribution in [-0.2, 0) is 18.3 Å². The number of anilines is 1. The van der Waals surface area contributed by atoms with Crippen LogP contribution in [0.5, 0.6) is 5.75 Å². The minimum Gasteiger partial charge on any atom is -0.497 e. The van der Waals surface area contributed by atoms with Gasteiger partial charge >= 0.3 is 7.60 Å². The van der Waals surface area contributed by atoms with Gasteiger partial charge in [-0.1, -0.05) is 0 Å². The Balaban J connectivity index is 3.22. The van der Waals surface area contributed by atoms with Gasteiger partial charge in [-0.2, -0.15) is 0 Å². The van der Waals surface area contributed by atoms with E-state index >= 15 is 0 Å². The van der Waals surface area contributed by atoms with E-state index in [1.54, 1.807) is 32.0 Å². The smallest absolute Gasteiger partial charge is 0.363 e. The molecule has 6 nitrogen and oxygen atoms in total. The Morgan fingerprint density at radius 1 is 1.15 bits per heavy atom. The predicted octanol–water partition coefficient (Wildman–Crippen LogP) is 3.19. The van der Waals surface area contributed by atoms with Crippen LogP contribution in [-0.4, -0.2) is 27.4 Å². The molecule has 7 heteroatoms. The van der Waals surface area contributed by atoms with Crippen molar-refractivity contribution in [2.45, 2.75) is 19.7 Å². The van der Waals surface area contributed by atoms with Crippen LogP contribution in [0.25, 0.3) is 0 Å². The largest absolute Gasteiger partial charge is 0.497 e. The van der Waals surface area contributed by atoms with Gasteiger partial charge in [-0.25, -0.2) is 0 Å². The Hall–Kier alpha value is -1.07. The molecule has 1 aromatic rings. The highest BCUT2D eigenvalue weighted by molar-refractivity contribution is 7.54. The van der Waals surface area contributed by atoms with Crippen molar-refractivity contribution in [1.82, 2.24) is 0 Å². The van der Waals surface area contributed by atoms with E-state index in [0.29, 0.717) is 17.0 Å². The van der Waals surface area contributed by atoms with Gasteiger partial charge in [-0.3, -0.25) is 4.57 Å². The van der Waals surface area contributed by atoms with Gasteiger partial charge in [0.1, 0.15) is 5.75 Å². The van der Waals surface area contributed by atoms with Gasteiger partial charge in [0.2, 0.25) is 0 Å². The standard InChI is InChI=1S/C13H22NO5P/c1-5-18-20(15,19-6-2)13(17-4)10-7-11(14)9-12(8-10)16-3/h7-9,13H,5-6,14H2,1-4H3. The molecular formula is C13H22NO5P. The number of methoxy groups -OCH3 is 2. The molecule has 1 rings (SSSR count). The summed E-state index contributed by atoms with van der Waals surface area (Å²) in [6, 6.07) is 5.04. The molecule has 114 valence electrons. The van der Waals surface area contributed by atoms with Gasteiger partial charge in [0.25, 0.3) is 0 Å². The Labute approximate surface area is 119 Å². The molecule has 20 heavy (non-hydrogen) atoms. The van der Waals surface area contributed by atoms with Crippen molar-refractivity contribution in [3.8, 4) is 5.75 Å². The fourth-order valence-electron chi connectivity index (χ4n) is 1.89. The van der Waals surface area contributed by atoms with E-state index in [1.807, 2.05) is 0 Å². The molecule has 0 spiro atoms. The zero-order chi connectivity index (χ0) is 15.2. The van der Waals surface area contributed by atoms with Crippen LogP contribution in [0.2, 0.25) is 0 Å². The summed E-state index contributed by atoms with van der Waals surface area (Å²) in [4.78, 5) is 0. The lowest BCUT2D eigenvalue weighted by atomic mass is 10.2. The third-order valence-corrected chi connectivity index (χ3v) is 4.92. The van der Waals surface area contributed by atoms with E-state index < -0.39 is 13.4 Å². The number of nitrogen functional groups attached to an aromatic ring is 1. The normalized spacial score (nSPS) is 13.2. The SMILES string of the molecule is CCOP(=O)(OCC)C(OC)c1cc(N)cc(OC)c1. The number of benzene rings is 1. The molecule has 0 radical (unpaired) electrons. The van der Waals surface area contributed by atoms with E-state index in [0.717, 1.165) is 0 Å². The van der Waals surface area contributed by atoms with E-state index in [1.165, 1.54) is 14.2 Å². The second-order valence-electron chi connectivity index (χ2n) is 4.00. The highest BCUT2D eigenvalue weighted by Gasteiger charge is 2.37. The first-order valence-corrected chi connectivity index (χ1v) is 7.98. The number of ether oxygens (including phenoxy) is 2. The molecule has 0 saturated heterocycles. The van der Waals surface area contributed by atoms with E-state index in [9.17, 15) is 4.57 Å². The molecule has 2 N–H and O–H groups in total. The van der Waals surface area contributed by atoms with Gasteiger partial charge in [-0.05, 0) is 31.5 Å². The first-order valence-electron chi connectivity index (χ1n) is 6.36. The van der Waals surface area contributed by atoms with Crippen molar-refractivity contribution in [1.29, 1.82) is 0 Å². The highest BCUT2D eigenvalue weighted by Crippen LogP contribution is 2.61. The molecule has 0 amide bonds. The lowest BCUT2D eigenvalue weighted by Crippen LogP contribution is -2.09. The zero-order valence-electron chi connectivity index (χ0n) is 12.3. The van der Waals surface area contributed by atoms with Crippen molar-refractivity contribution in [3.05, 3.63) is 23.8 Å². The van der Waals surface area contributed by atoms with Crippen molar-refractivity contribution in [2.24, 2.45) is 0 Å². The second-order valence-corrected chi connectivity index (χ2v) is 6.07. The Kier molecular flexibility index (Phi) is 6.49.